The van der Waals surface area contributed by atoms with Crippen LogP contribution in [0.5, 0.6) is 0 Å². The summed E-state index contributed by atoms with van der Waals surface area (Å²) in [6.07, 6.45) is 1.15. The average molecular weight is 307 g/mol. The molecule has 0 radical (unpaired) electrons. The van der Waals surface area contributed by atoms with Gasteiger partial charge in [-0.15, -0.1) is 0 Å². The second kappa shape index (κ2) is 5.67. The van der Waals surface area contributed by atoms with E-state index in [0.717, 1.165) is 6.92 Å². The number of benzene rings is 1. The number of hydrogen-bond acceptors (Lipinski definition) is 5. The standard InChI is InChI=1S/C15H14FNO5/c1-9(18)14-7-12(8-15(16,22-14)10(2)19)11-3-5-13(6-4-11)17(20)21/h3-7,12H,8H2,1-2H3. The molecule has 0 spiro atoms. The third-order valence-electron chi connectivity index (χ3n) is 3.51. The van der Waals surface area contributed by atoms with Crippen LogP contribution in [0.2, 0.25) is 0 Å². The molecule has 0 aromatic heterocycles. The number of carbonyl (C=O) groups excluding carboxylic acids is 2. The lowest BCUT2D eigenvalue weighted by Crippen LogP contribution is -2.40. The van der Waals surface area contributed by atoms with Crippen molar-refractivity contribution in [3.63, 3.8) is 0 Å². The monoisotopic (exact) mass is 307 g/mol. The fraction of sp³-hybridized carbons (Fsp3) is 0.333. The summed E-state index contributed by atoms with van der Waals surface area (Å²) in [6, 6.07) is 5.53. The molecule has 0 bridgehead atoms. The van der Waals surface area contributed by atoms with Crippen LogP contribution in [0.3, 0.4) is 0 Å². The summed E-state index contributed by atoms with van der Waals surface area (Å²) < 4.78 is 19.5. The number of hydrogen-bond donors (Lipinski definition) is 0. The highest BCUT2D eigenvalue weighted by atomic mass is 19.2. The number of nitro groups is 1. The zero-order valence-electron chi connectivity index (χ0n) is 12.0. The fourth-order valence-corrected chi connectivity index (χ4v) is 2.24. The van der Waals surface area contributed by atoms with Crippen molar-refractivity contribution < 1.29 is 23.6 Å². The minimum absolute atomic E-state index is 0.0929. The van der Waals surface area contributed by atoms with Crippen LogP contribution in [0.15, 0.2) is 36.1 Å². The number of ketones is 2. The summed E-state index contributed by atoms with van der Waals surface area (Å²) in [5, 5.41) is 10.6. The number of carbonyl (C=O) groups is 2. The summed E-state index contributed by atoms with van der Waals surface area (Å²) in [4.78, 5) is 33.1. The minimum Gasteiger partial charge on any atom is -0.448 e. The molecule has 116 valence electrons. The molecule has 1 heterocycles. The molecule has 0 saturated carbocycles. The Morgan fingerprint density at radius 2 is 1.91 bits per heavy atom. The Morgan fingerprint density at radius 3 is 2.36 bits per heavy atom. The van der Waals surface area contributed by atoms with E-state index in [9.17, 15) is 24.1 Å². The zero-order valence-corrected chi connectivity index (χ0v) is 12.0. The zero-order chi connectivity index (χ0) is 16.5. The van der Waals surface area contributed by atoms with Crippen LogP contribution in [-0.4, -0.2) is 22.3 Å². The van der Waals surface area contributed by atoms with E-state index in [1.54, 1.807) is 0 Å². The molecule has 1 aliphatic heterocycles. The second-order valence-electron chi connectivity index (χ2n) is 5.13. The van der Waals surface area contributed by atoms with E-state index in [4.69, 9.17) is 4.74 Å². The number of alkyl halides is 1. The molecule has 0 aliphatic carbocycles. The number of Topliss-reactive ketones (excluding diaryl/α,β-unsaturated/α-hetero) is 2. The van der Waals surface area contributed by atoms with Crippen molar-refractivity contribution >= 4 is 17.3 Å². The van der Waals surface area contributed by atoms with Crippen LogP contribution in [-0.2, 0) is 14.3 Å². The van der Waals surface area contributed by atoms with Gasteiger partial charge >= 0.3 is 5.85 Å². The number of halogens is 1. The first-order valence-electron chi connectivity index (χ1n) is 6.59. The maximum absolute atomic E-state index is 14.6. The van der Waals surface area contributed by atoms with E-state index >= 15 is 0 Å². The Bertz CT molecular complexity index is 667. The Morgan fingerprint density at radius 1 is 1.32 bits per heavy atom. The maximum Gasteiger partial charge on any atom is 0.307 e. The van der Waals surface area contributed by atoms with Gasteiger partial charge in [-0.3, -0.25) is 19.7 Å². The molecule has 1 aromatic rings. The Hall–Kier alpha value is -2.57. The predicted octanol–water partition coefficient (Wildman–Crippen LogP) is 2.83. The summed E-state index contributed by atoms with van der Waals surface area (Å²) in [7, 11) is 0. The van der Waals surface area contributed by atoms with Crippen molar-refractivity contribution in [3.8, 4) is 0 Å². The average Bonchev–Trinajstić information content (AvgIpc) is 2.46. The third-order valence-corrected chi connectivity index (χ3v) is 3.51. The van der Waals surface area contributed by atoms with Gasteiger partial charge in [0.1, 0.15) is 0 Å². The molecule has 0 saturated heterocycles. The van der Waals surface area contributed by atoms with Gasteiger partial charge < -0.3 is 4.74 Å². The van der Waals surface area contributed by atoms with Gasteiger partial charge in [-0.25, -0.2) is 0 Å². The number of nitro benzene ring substituents is 1. The summed E-state index contributed by atoms with van der Waals surface area (Å²) >= 11 is 0. The van der Waals surface area contributed by atoms with Gasteiger partial charge in [0.15, 0.2) is 11.5 Å². The van der Waals surface area contributed by atoms with Crippen molar-refractivity contribution in [2.45, 2.75) is 32.0 Å². The van der Waals surface area contributed by atoms with Crippen molar-refractivity contribution in [1.82, 2.24) is 0 Å². The molecule has 2 atom stereocenters. The Labute approximate surface area is 125 Å². The normalized spacial score (nSPS) is 24.1. The van der Waals surface area contributed by atoms with E-state index in [2.05, 4.69) is 0 Å². The van der Waals surface area contributed by atoms with Crippen molar-refractivity contribution in [2.75, 3.05) is 0 Å². The molecule has 7 heteroatoms. The number of non-ortho nitro benzene ring substituents is 1. The van der Waals surface area contributed by atoms with Crippen molar-refractivity contribution in [1.29, 1.82) is 0 Å². The maximum atomic E-state index is 14.6. The Balaban J connectivity index is 2.39. The first-order valence-corrected chi connectivity index (χ1v) is 6.59. The van der Waals surface area contributed by atoms with Gasteiger partial charge in [0.05, 0.1) is 4.92 Å². The van der Waals surface area contributed by atoms with Crippen LogP contribution < -0.4 is 0 Å². The predicted molar refractivity (Wildman–Crippen MR) is 74.8 cm³/mol. The van der Waals surface area contributed by atoms with E-state index < -0.39 is 28.3 Å². The van der Waals surface area contributed by atoms with Gasteiger partial charge in [0.25, 0.3) is 5.69 Å². The van der Waals surface area contributed by atoms with Gasteiger partial charge in [0.2, 0.25) is 5.78 Å². The van der Waals surface area contributed by atoms with Crippen LogP contribution in [0.25, 0.3) is 0 Å². The highest BCUT2D eigenvalue weighted by Crippen LogP contribution is 2.39. The first-order chi connectivity index (χ1) is 10.2. The van der Waals surface area contributed by atoms with Gasteiger partial charge in [-0.1, -0.05) is 12.1 Å². The number of allylic oxidation sites excluding steroid dienone is 2. The highest BCUT2D eigenvalue weighted by Gasteiger charge is 2.44. The Kier molecular flexibility index (Phi) is 4.07. The SMILES string of the molecule is CC(=O)C1=CC(c2ccc([N+](=O)[O-])cc2)CC(F)(C(C)=O)O1. The topological polar surface area (TPSA) is 86.5 Å². The number of nitrogens with zero attached hydrogens (tertiary/aromatic N) is 1. The third kappa shape index (κ3) is 3.03. The van der Waals surface area contributed by atoms with Crippen LogP contribution in [0.1, 0.15) is 31.7 Å². The molecular formula is C15H14FNO5. The summed E-state index contributed by atoms with van der Waals surface area (Å²) in [5.74, 6) is -4.68. The van der Waals surface area contributed by atoms with Gasteiger partial charge in [-0.05, 0) is 11.6 Å². The van der Waals surface area contributed by atoms with Crippen molar-refractivity contribution in [3.05, 3.63) is 51.8 Å². The molecule has 2 rings (SSSR count). The molecule has 0 amide bonds. The first kappa shape index (κ1) is 15.8. The molecular weight excluding hydrogens is 293 g/mol. The van der Waals surface area contributed by atoms with E-state index in [-0.39, 0.29) is 17.9 Å². The lowest BCUT2D eigenvalue weighted by atomic mass is 9.87. The summed E-state index contributed by atoms with van der Waals surface area (Å²) in [6.45, 7) is 2.26. The minimum atomic E-state index is -2.57. The van der Waals surface area contributed by atoms with E-state index in [0.29, 0.717) is 5.56 Å². The molecule has 2 unspecified atom stereocenters. The number of ether oxygens (including phenoxy) is 1. The molecule has 1 aliphatic rings. The van der Waals surface area contributed by atoms with Crippen molar-refractivity contribution in [2.24, 2.45) is 0 Å². The van der Waals surface area contributed by atoms with Gasteiger partial charge in [0, 0.05) is 38.3 Å². The molecule has 22 heavy (non-hydrogen) atoms. The van der Waals surface area contributed by atoms with Crippen LogP contribution in [0.4, 0.5) is 10.1 Å². The van der Waals surface area contributed by atoms with E-state index in [1.165, 1.54) is 37.3 Å². The van der Waals surface area contributed by atoms with E-state index in [1.807, 2.05) is 0 Å². The molecule has 0 fully saturated rings. The lowest BCUT2D eigenvalue weighted by molar-refractivity contribution is -0.384. The fourth-order valence-electron chi connectivity index (χ4n) is 2.24. The van der Waals surface area contributed by atoms with Crippen LogP contribution in [0, 0.1) is 10.1 Å². The largest absolute Gasteiger partial charge is 0.448 e. The molecule has 6 nitrogen and oxygen atoms in total. The smallest absolute Gasteiger partial charge is 0.307 e. The number of rotatable bonds is 4. The van der Waals surface area contributed by atoms with Crippen LogP contribution >= 0.6 is 0 Å². The highest BCUT2D eigenvalue weighted by molar-refractivity contribution is 5.93. The van der Waals surface area contributed by atoms with Gasteiger partial charge in [-0.2, -0.15) is 4.39 Å². The quantitative estimate of drug-likeness (QED) is 0.630. The lowest BCUT2D eigenvalue weighted by Gasteiger charge is -2.32. The molecule has 0 N–H and O–H groups in total. The summed E-state index contributed by atoms with van der Waals surface area (Å²) in [5.41, 5.74) is 0.473. The molecule has 1 aromatic carbocycles. The second-order valence-corrected chi connectivity index (χ2v) is 5.13.